The van der Waals surface area contributed by atoms with Gasteiger partial charge in [0.1, 0.15) is 0 Å². The van der Waals surface area contributed by atoms with Gasteiger partial charge in [-0.15, -0.1) is 0 Å². The molecule has 2 rings (SSSR count). The SMILES string of the molecule is CCCc1cc(=O)[nH]c(S[C@@H](C)C(=O)Nc2ccc(NC(C)=O)cc2)n1. The second kappa shape index (κ2) is 9.19. The third-order valence-corrected chi connectivity index (χ3v) is 4.39. The maximum absolute atomic E-state index is 12.4. The number of nitrogens with zero attached hydrogens (tertiary/aromatic N) is 1. The highest BCUT2D eigenvalue weighted by Gasteiger charge is 2.16. The molecule has 0 bridgehead atoms. The molecule has 3 N–H and O–H groups in total. The minimum absolute atomic E-state index is 0.154. The summed E-state index contributed by atoms with van der Waals surface area (Å²) in [5, 5.41) is 5.46. The van der Waals surface area contributed by atoms with E-state index < -0.39 is 5.25 Å². The van der Waals surface area contributed by atoms with Crippen molar-refractivity contribution in [3.63, 3.8) is 0 Å². The lowest BCUT2D eigenvalue weighted by Gasteiger charge is -2.12. The van der Waals surface area contributed by atoms with Crippen LogP contribution < -0.4 is 16.2 Å². The van der Waals surface area contributed by atoms with E-state index in [1.807, 2.05) is 6.92 Å². The van der Waals surface area contributed by atoms with Crippen LogP contribution >= 0.6 is 11.8 Å². The number of aryl methyl sites for hydroxylation is 1. The molecule has 26 heavy (non-hydrogen) atoms. The van der Waals surface area contributed by atoms with Crippen LogP contribution in [0.2, 0.25) is 0 Å². The minimum Gasteiger partial charge on any atom is -0.326 e. The van der Waals surface area contributed by atoms with Crippen molar-refractivity contribution in [1.29, 1.82) is 0 Å². The van der Waals surface area contributed by atoms with E-state index in [2.05, 4.69) is 20.6 Å². The van der Waals surface area contributed by atoms with Gasteiger partial charge in [-0.25, -0.2) is 4.98 Å². The second-order valence-corrected chi connectivity index (χ2v) is 7.13. The highest BCUT2D eigenvalue weighted by molar-refractivity contribution is 8.00. The van der Waals surface area contributed by atoms with Gasteiger partial charge >= 0.3 is 0 Å². The van der Waals surface area contributed by atoms with Crippen molar-refractivity contribution in [3.8, 4) is 0 Å². The molecule has 1 aromatic carbocycles. The predicted molar refractivity (Wildman–Crippen MR) is 104 cm³/mol. The van der Waals surface area contributed by atoms with E-state index in [4.69, 9.17) is 0 Å². The van der Waals surface area contributed by atoms with Crippen LogP contribution in [0.3, 0.4) is 0 Å². The molecule has 1 atom stereocenters. The molecule has 0 saturated carbocycles. The van der Waals surface area contributed by atoms with Crippen LogP contribution in [0.15, 0.2) is 40.3 Å². The third kappa shape index (κ3) is 6.03. The fourth-order valence-electron chi connectivity index (χ4n) is 2.23. The van der Waals surface area contributed by atoms with Crippen LogP contribution in [0, 0.1) is 0 Å². The predicted octanol–water partition coefficient (Wildman–Crippen LogP) is 2.80. The van der Waals surface area contributed by atoms with Crippen LogP contribution in [-0.4, -0.2) is 27.0 Å². The van der Waals surface area contributed by atoms with Gasteiger partial charge < -0.3 is 15.6 Å². The van der Waals surface area contributed by atoms with E-state index >= 15 is 0 Å². The molecule has 138 valence electrons. The summed E-state index contributed by atoms with van der Waals surface area (Å²) in [6.45, 7) is 5.20. The van der Waals surface area contributed by atoms with E-state index in [1.165, 1.54) is 24.8 Å². The average molecular weight is 374 g/mol. The zero-order chi connectivity index (χ0) is 19.1. The first-order valence-corrected chi connectivity index (χ1v) is 9.20. The Labute approximate surface area is 156 Å². The fraction of sp³-hybridized carbons (Fsp3) is 0.333. The quantitative estimate of drug-likeness (QED) is 0.511. The first kappa shape index (κ1) is 19.7. The van der Waals surface area contributed by atoms with Crippen LogP contribution in [0.5, 0.6) is 0 Å². The molecular formula is C18H22N4O3S. The van der Waals surface area contributed by atoms with Crippen molar-refractivity contribution < 1.29 is 9.59 Å². The normalized spacial score (nSPS) is 11.7. The molecule has 2 aromatic rings. The summed E-state index contributed by atoms with van der Waals surface area (Å²) >= 11 is 1.20. The molecule has 0 spiro atoms. The zero-order valence-electron chi connectivity index (χ0n) is 15.0. The summed E-state index contributed by atoms with van der Waals surface area (Å²) in [6.07, 6.45) is 1.61. The lowest BCUT2D eigenvalue weighted by Crippen LogP contribution is -2.23. The van der Waals surface area contributed by atoms with Gasteiger partial charge in [-0.3, -0.25) is 14.4 Å². The average Bonchev–Trinajstić information content (AvgIpc) is 2.56. The number of hydrogen-bond donors (Lipinski definition) is 3. The Hall–Kier alpha value is -2.61. The molecule has 0 aliphatic rings. The molecular weight excluding hydrogens is 352 g/mol. The summed E-state index contributed by atoms with van der Waals surface area (Å²) in [7, 11) is 0. The van der Waals surface area contributed by atoms with Crippen LogP contribution in [0.25, 0.3) is 0 Å². The minimum atomic E-state index is -0.440. The largest absolute Gasteiger partial charge is 0.326 e. The van der Waals surface area contributed by atoms with Crippen LogP contribution in [0.1, 0.15) is 32.9 Å². The summed E-state index contributed by atoms with van der Waals surface area (Å²) < 4.78 is 0. The molecule has 0 aliphatic carbocycles. The molecule has 2 amide bonds. The van der Waals surface area contributed by atoms with Crippen LogP contribution in [-0.2, 0) is 16.0 Å². The van der Waals surface area contributed by atoms with E-state index in [-0.39, 0.29) is 17.4 Å². The van der Waals surface area contributed by atoms with Gasteiger partial charge in [-0.05, 0) is 37.6 Å². The third-order valence-electron chi connectivity index (χ3n) is 3.41. The van der Waals surface area contributed by atoms with Gasteiger partial charge in [0.25, 0.3) is 5.56 Å². The Kier molecular flexibility index (Phi) is 6.97. The molecule has 8 heteroatoms. The number of hydrogen-bond acceptors (Lipinski definition) is 5. The number of H-pyrrole nitrogens is 1. The number of aromatic amines is 1. The Morgan fingerprint density at radius 2 is 1.81 bits per heavy atom. The molecule has 0 saturated heterocycles. The number of rotatable bonds is 7. The van der Waals surface area contributed by atoms with Crippen molar-refractivity contribution >= 4 is 35.0 Å². The topological polar surface area (TPSA) is 104 Å². The zero-order valence-corrected chi connectivity index (χ0v) is 15.8. The van der Waals surface area contributed by atoms with Crippen molar-refractivity contribution in [1.82, 2.24) is 9.97 Å². The standard InChI is InChI=1S/C18H22N4O3S/c1-4-5-15-10-16(24)22-18(21-15)26-11(2)17(25)20-14-8-6-13(7-9-14)19-12(3)23/h6-11H,4-5H2,1-3H3,(H,19,23)(H,20,25)(H,21,22,24)/t11-/m0/s1. The first-order valence-electron chi connectivity index (χ1n) is 8.32. The highest BCUT2D eigenvalue weighted by Crippen LogP contribution is 2.21. The maximum atomic E-state index is 12.4. The van der Waals surface area contributed by atoms with Crippen molar-refractivity contribution in [3.05, 3.63) is 46.4 Å². The number of benzene rings is 1. The number of nitrogens with one attached hydrogen (secondary N) is 3. The van der Waals surface area contributed by atoms with Gasteiger partial charge in [0.05, 0.1) is 5.25 Å². The Morgan fingerprint density at radius 1 is 1.19 bits per heavy atom. The first-order chi connectivity index (χ1) is 12.4. The number of aromatic nitrogens is 2. The van der Waals surface area contributed by atoms with E-state index in [0.29, 0.717) is 16.5 Å². The summed E-state index contributed by atoms with van der Waals surface area (Å²) in [5.41, 5.74) is 1.79. The summed E-state index contributed by atoms with van der Waals surface area (Å²) in [6, 6.07) is 8.32. The maximum Gasteiger partial charge on any atom is 0.251 e. The van der Waals surface area contributed by atoms with Crippen molar-refractivity contribution in [2.45, 2.75) is 44.0 Å². The van der Waals surface area contributed by atoms with Crippen LogP contribution in [0.4, 0.5) is 11.4 Å². The number of amides is 2. The van der Waals surface area contributed by atoms with Gasteiger partial charge in [0, 0.05) is 30.1 Å². The van der Waals surface area contributed by atoms with E-state index in [1.54, 1.807) is 31.2 Å². The van der Waals surface area contributed by atoms with E-state index in [0.717, 1.165) is 18.5 Å². The van der Waals surface area contributed by atoms with Crippen molar-refractivity contribution in [2.75, 3.05) is 10.6 Å². The van der Waals surface area contributed by atoms with Crippen molar-refractivity contribution in [2.24, 2.45) is 0 Å². The molecule has 0 aliphatic heterocycles. The Balaban J connectivity index is 1.99. The number of carbonyl (C=O) groups is 2. The Bertz CT molecular complexity index is 833. The number of thioether (sulfide) groups is 1. The molecule has 1 heterocycles. The lowest BCUT2D eigenvalue weighted by atomic mass is 10.2. The van der Waals surface area contributed by atoms with Gasteiger partial charge in [0.15, 0.2) is 5.16 Å². The summed E-state index contributed by atoms with van der Waals surface area (Å²) in [4.78, 5) is 42.1. The molecule has 0 unspecified atom stereocenters. The molecule has 7 nitrogen and oxygen atoms in total. The highest BCUT2D eigenvalue weighted by atomic mass is 32.2. The monoisotopic (exact) mass is 374 g/mol. The molecule has 0 fully saturated rings. The van der Waals surface area contributed by atoms with Gasteiger partial charge in [0.2, 0.25) is 11.8 Å². The second-order valence-electron chi connectivity index (χ2n) is 5.80. The van der Waals surface area contributed by atoms with Gasteiger partial charge in [-0.2, -0.15) is 0 Å². The van der Waals surface area contributed by atoms with E-state index in [9.17, 15) is 14.4 Å². The number of anilines is 2. The Morgan fingerprint density at radius 3 is 2.38 bits per heavy atom. The summed E-state index contributed by atoms with van der Waals surface area (Å²) in [5.74, 6) is -0.357. The lowest BCUT2D eigenvalue weighted by molar-refractivity contribution is -0.115. The van der Waals surface area contributed by atoms with Gasteiger partial charge in [-0.1, -0.05) is 25.1 Å². The molecule has 1 aromatic heterocycles. The smallest absolute Gasteiger partial charge is 0.251 e. The fourth-order valence-corrected chi connectivity index (χ4v) is 3.06. The molecule has 0 radical (unpaired) electrons. The number of carbonyl (C=O) groups excluding carboxylic acids is 2.